The van der Waals surface area contributed by atoms with Crippen LogP contribution in [0.2, 0.25) is 0 Å². The maximum atomic E-state index is 11.9. The van der Waals surface area contributed by atoms with E-state index in [-0.39, 0.29) is 23.3 Å². The summed E-state index contributed by atoms with van der Waals surface area (Å²) >= 11 is 0. The molecule has 7 heteroatoms. The van der Waals surface area contributed by atoms with Crippen LogP contribution in [0.15, 0.2) is 0 Å². The first-order chi connectivity index (χ1) is 7.82. The van der Waals surface area contributed by atoms with Crippen molar-refractivity contribution in [3.63, 3.8) is 0 Å². The Morgan fingerprint density at radius 2 is 1.94 bits per heavy atom. The summed E-state index contributed by atoms with van der Waals surface area (Å²) in [6.45, 7) is 4.02. The fourth-order valence-electron chi connectivity index (χ4n) is 2.03. The van der Waals surface area contributed by atoms with Crippen molar-refractivity contribution in [1.82, 2.24) is 4.31 Å². The average Bonchev–Trinajstić information content (AvgIpc) is 2.59. The molecule has 0 aromatic heterocycles. The largest absolute Gasteiger partial charge is 0.229 e. The fourth-order valence-corrected chi connectivity index (χ4v) is 5.23. The van der Waals surface area contributed by atoms with Gasteiger partial charge in [0, 0.05) is 12.6 Å². The Bertz CT molecular complexity index is 441. The lowest BCUT2D eigenvalue weighted by molar-refractivity contribution is 0.335. The van der Waals surface area contributed by atoms with E-state index in [0.717, 1.165) is 12.8 Å². The number of hydrogen-bond donors (Lipinski definition) is 0. The number of sulfone groups is 1. The third kappa shape index (κ3) is 3.93. The second-order valence-corrected chi connectivity index (χ2v) is 8.86. The van der Waals surface area contributed by atoms with Gasteiger partial charge >= 0.3 is 0 Å². The van der Waals surface area contributed by atoms with E-state index in [2.05, 4.69) is 0 Å². The van der Waals surface area contributed by atoms with E-state index in [1.165, 1.54) is 4.31 Å². The molecule has 1 unspecified atom stereocenters. The molecule has 102 valence electrons. The molecule has 0 aromatic carbocycles. The van der Waals surface area contributed by atoms with Gasteiger partial charge in [-0.15, -0.1) is 0 Å². The molecule has 0 spiro atoms. The Balaban J connectivity index is 2.85. The molecule has 1 heterocycles. The van der Waals surface area contributed by atoms with Gasteiger partial charge in [-0.3, -0.25) is 0 Å². The molecule has 0 N–H and O–H groups in total. The van der Waals surface area contributed by atoms with Gasteiger partial charge in [0.25, 0.3) is 0 Å². The van der Waals surface area contributed by atoms with Crippen LogP contribution in [0.25, 0.3) is 0 Å². The van der Waals surface area contributed by atoms with Crippen LogP contribution in [0.4, 0.5) is 0 Å². The van der Waals surface area contributed by atoms with Gasteiger partial charge in [-0.25, -0.2) is 16.8 Å². The molecule has 17 heavy (non-hydrogen) atoms. The van der Waals surface area contributed by atoms with Crippen molar-refractivity contribution in [2.45, 2.75) is 39.2 Å². The van der Waals surface area contributed by atoms with Crippen LogP contribution in [0.3, 0.4) is 0 Å². The van der Waals surface area contributed by atoms with E-state index in [9.17, 15) is 16.8 Å². The standard InChI is InChI=1S/C10H21NO4S2/c1-3-5-7-11(17(14,15)4-2)10-6-8-16(12,13)9-10/h10H,3-9H2,1-2H3. The maximum absolute atomic E-state index is 11.9. The Hall–Kier alpha value is -0.140. The Labute approximate surface area is 104 Å². The average molecular weight is 283 g/mol. The van der Waals surface area contributed by atoms with E-state index in [1.807, 2.05) is 6.92 Å². The Kier molecular flexibility index (Phi) is 4.97. The molecule has 1 rings (SSSR count). The van der Waals surface area contributed by atoms with E-state index in [0.29, 0.717) is 13.0 Å². The topological polar surface area (TPSA) is 71.5 Å². The van der Waals surface area contributed by atoms with Gasteiger partial charge in [0.15, 0.2) is 9.84 Å². The predicted molar refractivity (Wildman–Crippen MR) is 68.1 cm³/mol. The summed E-state index contributed by atoms with van der Waals surface area (Å²) < 4.78 is 48.1. The molecule has 1 atom stereocenters. The number of rotatable bonds is 6. The zero-order valence-corrected chi connectivity index (χ0v) is 12.1. The zero-order chi connectivity index (χ0) is 13.1. The van der Waals surface area contributed by atoms with Crippen LogP contribution in [0, 0.1) is 0 Å². The Morgan fingerprint density at radius 1 is 1.29 bits per heavy atom. The first-order valence-corrected chi connectivity index (χ1v) is 9.45. The SMILES string of the molecule is CCCCN(C1CCS(=O)(=O)C1)S(=O)(=O)CC. The molecule has 0 aromatic rings. The van der Waals surface area contributed by atoms with Gasteiger partial charge in [0.2, 0.25) is 10.0 Å². The lowest BCUT2D eigenvalue weighted by Gasteiger charge is -2.26. The number of hydrogen-bond acceptors (Lipinski definition) is 4. The third-order valence-electron chi connectivity index (χ3n) is 3.07. The summed E-state index contributed by atoms with van der Waals surface area (Å²) in [5, 5.41) is 0. The van der Waals surface area contributed by atoms with E-state index in [1.54, 1.807) is 6.92 Å². The van der Waals surface area contributed by atoms with Crippen molar-refractivity contribution >= 4 is 19.9 Å². The van der Waals surface area contributed by atoms with Crippen LogP contribution >= 0.6 is 0 Å². The van der Waals surface area contributed by atoms with Gasteiger partial charge in [-0.05, 0) is 19.8 Å². The predicted octanol–water partition coefficient (Wildman–Crippen LogP) is 0.625. The van der Waals surface area contributed by atoms with Gasteiger partial charge in [-0.2, -0.15) is 4.31 Å². The highest BCUT2D eigenvalue weighted by atomic mass is 32.2. The summed E-state index contributed by atoms with van der Waals surface area (Å²) in [7, 11) is -6.34. The summed E-state index contributed by atoms with van der Waals surface area (Å²) in [5.41, 5.74) is 0. The van der Waals surface area contributed by atoms with Gasteiger partial charge in [-0.1, -0.05) is 13.3 Å². The molecule has 5 nitrogen and oxygen atoms in total. The van der Waals surface area contributed by atoms with Gasteiger partial charge in [0.05, 0.1) is 17.3 Å². The second kappa shape index (κ2) is 5.67. The van der Waals surface area contributed by atoms with Gasteiger partial charge in [0.1, 0.15) is 0 Å². The normalized spacial score (nSPS) is 24.3. The second-order valence-electron chi connectivity index (χ2n) is 4.42. The van der Waals surface area contributed by atoms with Crippen LogP contribution in [-0.2, 0) is 19.9 Å². The third-order valence-corrected chi connectivity index (χ3v) is 6.75. The lowest BCUT2D eigenvalue weighted by atomic mass is 10.2. The molecule has 0 aliphatic carbocycles. The molecule has 1 fully saturated rings. The van der Waals surface area contributed by atoms with Crippen molar-refractivity contribution in [2.24, 2.45) is 0 Å². The molecular formula is C10H21NO4S2. The molecule has 0 amide bonds. The molecule has 1 saturated heterocycles. The molecule has 0 bridgehead atoms. The number of nitrogens with zero attached hydrogens (tertiary/aromatic N) is 1. The molecule has 0 radical (unpaired) electrons. The minimum Gasteiger partial charge on any atom is -0.229 e. The van der Waals surface area contributed by atoms with Crippen molar-refractivity contribution in [1.29, 1.82) is 0 Å². The maximum Gasteiger partial charge on any atom is 0.214 e. The lowest BCUT2D eigenvalue weighted by Crippen LogP contribution is -2.42. The monoisotopic (exact) mass is 283 g/mol. The Morgan fingerprint density at radius 3 is 2.35 bits per heavy atom. The van der Waals surface area contributed by atoms with Crippen molar-refractivity contribution in [3.05, 3.63) is 0 Å². The van der Waals surface area contributed by atoms with Gasteiger partial charge < -0.3 is 0 Å². The summed E-state index contributed by atoms with van der Waals surface area (Å²) in [4.78, 5) is 0. The highest BCUT2D eigenvalue weighted by molar-refractivity contribution is 7.92. The van der Waals surface area contributed by atoms with Crippen LogP contribution < -0.4 is 0 Å². The molecule has 1 aliphatic rings. The van der Waals surface area contributed by atoms with E-state index in [4.69, 9.17) is 0 Å². The first kappa shape index (κ1) is 14.9. The number of sulfonamides is 1. The quantitative estimate of drug-likeness (QED) is 0.716. The van der Waals surface area contributed by atoms with E-state index < -0.39 is 19.9 Å². The van der Waals surface area contributed by atoms with Crippen molar-refractivity contribution in [3.8, 4) is 0 Å². The van der Waals surface area contributed by atoms with Crippen LogP contribution in [0.1, 0.15) is 33.1 Å². The smallest absolute Gasteiger partial charge is 0.214 e. The first-order valence-electron chi connectivity index (χ1n) is 6.02. The fraction of sp³-hybridized carbons (Fsp3) is 1.00. The molecule has 1 aliphatic heterocycles. The molecular weight excluding hydrogens is 262 g/mol. The van der Waals surface area contributed by atoms with E-state index >= 15 is 0 Å². The molecule has 0 saturated carbocycles. The highest BCUT2D eigenvalue weighted by Crippen LogP contribution is 2.21. The zero-order valence-electron chi connectivity index (χ0n) is 10.4. The van der Waals surface area contributed by atoms with Crippen LogP contribution in [0.5, 0.6) is 0 Å². The van der Waals surface area contributed by atoms with Crippen molar-refractivity contribution in [2.75, 3.05) is 23.8 Å². The minimum absolute atomic E-state index is 0.0179. The highest BCUT2D eigenvalue weighted by Gasteiger charge is 2.36. The summed E-state index contributed by atoms with van der Waals surface area (Å²) in [6, 6.07) is -0.350. The number of unbranched alkanes of at least 4 members (excludes halogenated alkanes) is 1. The van der Waals surface area contributed by atoms with Crippen LogP contribution in [-0.4, -0.2) is 51.0 Å². The summed E-state index contributed by atoms with van der Waals surface area (Å²) in [5.74, 6) is 0.128. The van der Waals surface area contributed by atoms with Crippen molar-refractivity contribution < 1.29 is 16.8 Å². The summed E-state index contributed by atoms with van der Waals surface area (Å²) in [6.07, 6.45) is 2.11. The minimum atomic E-state index is -3.30.